The molecule has 0 saturated heterocycles. The van der Waals surface area contributed by atoms with Crippen LogP contribution in [0, 0.1) is 0 Å². The van der Waals surface area contributed by atoms with Gasteiger partial charge in [-0.05, 0) is 19.3 Å². The van der Waals surface area contributed by atoms with Crippen molar-refractivity contribution in [2.75, 3.05) is 6.61 Å². The Morgan fingerprint density at radius 3 is 2.07 bits per heavy atom. The summed E-state index contributed by atoms with van der Waals surface area (Å²) < 4.78 is 5.87. The van der Waals surface area contributed by atoms with E-state index in [0.717, 1.165) is 6.61 Å². The van der Waals surface area contributed by atoms with E-state index in [1.165, 1.54) is 57.8 Å². The van der Waals surface area contributed by atoms with Crippen molar-refractivity contribution in [3.8, 4) is 0 Å². The van der Waals surface area contributed by atoms with E-state index in [1.807, 2.05) is 0 Å². The Hall–Kier alpha value is -0.0400. The summed E-state index contributed by atoms with van der Waals surface area (Å²) in [5.74, 6) is 0. The van der Waals surface area contributed by atoms with Crippen molar-refractivity contribution in [2.45, 2.75) is 84.7 Å². The van der Waals surface area contributed by atoms with Crippen molar-refractivity contribution in [1.82, 2.24) is 0 Å². The third kappa shape index (κ3) is 10.2. The lowest BCUT2D eigenvalue weighted by molar-refractivity contribution is 0.0409. The highest BCUT2D eigenvalue weighted by Gasteiger charge is 2.05. The number of hydrogen-bond acceptors (Lipinski definition) is 1. The van der Waals surface area contributed by atoms with Crippen LogP contribution in [-0.2, 0) is 4.74 Å². The van der Waals surface area contributed by atoms with Gasteiger partial charge in [0.05, 0.1) is 6.10 Å². The van der Waals surface area contributed by atoms with Crippen molar-refractivity contribution in [3.05, 3.63) is 0 Å². The fourth-order valence-electron chi connectivity index (χ4n) is 1.81. The molecule has 0 aromatic carbocycles. The minimum absolute atomic E-state index is 0.527. The van der Waals surface area contributed by atoms with E-state index in [2.05, 4.69) is 20.8 Å². The Morgan fingerprint density at radius 1 is 0.800 bits per heavy atom. The summed E-state index contributed by atoms with van der Waals surface area (Å²) >= 11 is 0. The largest absolute Gasteiger partial charge is 0.378 e. The standard InChI is InChI=1S/C14H30O/c1-4-7-9-10-12-14(6-3)15-13-11-8-5-2/h14H,4-13H2,1-3H3/t14-/m0/s1. The van der Waals surface area contributed by atoms with Gasteiger partial charge < -0.3 is 4.74 Å². The van der Waals surface area contributed by atoms with Crippen molar-refractivity contribution in [3.63, 3.8) is 0 Å². The van der Waals surface area contributed by atoms with Crippen molar-refractivity contribution in [1.29, 1.82) is 0 Å². The van der Waals surface area contributed by atoms with E-state index in [0.29, 0.717) is 6.10 Å². The molecular formula is C14H30O. The van der Waals surface area contributed by atoms with Crippen LogP contribution >= 0.6 is 0 Å². The smallest absolute Gasteiger partial charge is 0.0572 e. The van der Waals surface area contributed by atoms with Gasteiger partial charge >= 0.3 is 0 Å². The van der Waals surface area contributed by atoms with Crippen LogP contribution in [-0.4, -0.2) is 12.7 Å². The number of rotatable bonds is 11. The van der Waals surface area contributed by atoms with Crippen molar-refractivity contribution in [2.24, 2.45) is 0 Å². The number of ether oxygens (including phenoxy) is 1. The van der Waals surface area contributed by atoms with Gasteiger partial charge in [0.15, 0.2) is 0 Å². The Balaban J connectivity index is 3.29. The maximum Gasteiger partial charge on any atom is 0.0572 e. The van der Waals surface area contributed by atoms with E-state index >= 15 is 0 Å². The molecule has 15 heavy (non-hydrogen) atoms. The Morgan fingerprint density at radius 2 is 1.47 bits per heavy atom. The molecule has 0 aliphatic carbocycles. The molecule has 0 N–H and O–H groups in total. The molecule has 0 rings (SSSR count). The highest BCUT2D eigenvalue weighted by molar-refractivity contribution is 4.56. The summed E-state index contributed by atoms with van der Waals surface area (Å²) in [6.45, 7) is 7.71. The molecule has 0 spiro atoms. The second-order valence-electron chi connectivity index (χ2n) is 4.46. The molecule has 0 radical (unpaired) electrons. The molecule has 0 aliphatic rings. The zero-order valence-electron chi connectivity index (χ0n) is 11.1. The van der Waals surface area contributed by atoms with Gasteiger partial charge in [0.25, 0.3) is 0 Å². The maximum absolute atomic E-state index is 5.87. The normalized spacial score (nSPS) is 13.0. The molecule has 0 aromatic heterocycles. The number of unbranched alkanes of at least 4 members (excludes halogenated alkanes) is 5. The van der Waals surface area contributed by atoms with Crippen LogP contribution in [0.3, 0.4) is 0 Å². The highest BCUT2D eigenvalue weighted by atomic mass is 16.5. The summed E-state index contributed by atoms with van der Waals surface area (Å²) in [7, 11) is 0. The molecular weight excluding hydrogens is 184 g/mol. The van der Waals surface area contributed by atoms with Gasteiger partial charge in [0.1, 0.15) is 0 Å². The second kappa shape index (κ2) is 12.0. The fourth-order valence-corrected chi connectivity index (χ4v) is 1.81. The predicted molar refractivity (Wildman–Crippen MR) is 68.3 cm³/mol. The second-order valence-corrected chi connectivity index (χ2v) is 4.46. The highest BCUT2D eigenvalue weighted by Crippen LogP contribution is 2.11. The van der Waals surface area contributed by atoms with Crippen LogP contribution in [0.25, 0.3) is 0 Å². The number of hydrogen-bond donors (Lipinski definition) is 0. The molecule has 1 nitrogen and oxygen atoms in total. The lowest BCUT2D eigenvalue weighted by Gasteiger charge is -2.15. The topological polar surface area (TPSA) is 9.23 Å². The molecule has 0 unspecified atom stereocenters. The van der Waals surface area contributed by atoms with E-state index in [9.17, 15) is 0 Å². The third-order valence-corrected chi connectivity index (χ3v) is 2.94. The Kier molecular flexibility index (Phi) is 12.0. The predicted octanol–water partition coefficient (Wildman–Crippen LogP) is 4.94. The van der Waals surface area contributed by atoms with Crippen LogP contribution in [0.1, 0.15) is 78.6 Å². The monoisotopic (exact) mass is 214 g/mol. The molecule has 92 valence electrons. The summed E-state index contributed by atoms with van der Waals surface area (Å²) in [6.07, 6.45) is 12.2. The quantitative estimate of drug-likeness (QED) is 0.442. The van der Waals surface area contributed by atoms with Crippen LogP contribution in [0.5, 0.6) is 0 Å². The average molecular weight is 214 g/mol. The molecule has 0 aliphatic heterocycles. The molecule has 1 heteroatoms. The van der Waals surface area contributed by atoms with Crippen LogP contribution in [0.15, 0.2) is 0 Å². The molecule has 0 aromatic rings. The van der Waals surface area contributed by atoms with Gasteiger partial charge in [-0.2, -0.15) is 0 Å². The van der Waals surface area contributed by atoms with Crippen molar-refractivity contribution >= 4 is 0 Å². The van der Waals surface area contributed by atoms with E-state index < -0.39 is 0 Å². The van der Waals surface area contributed by atoms with E-state index in [4.69, 9.17) is 4.74 Å². The summed E-state index contributed by atoms with van der Waals surface area (Å²) in [5, 5.41) is 0. The van der Waals surface area contributed by atoms with Crippen molar-refractivity contribution < 1.29 is 4.74 Å². The first kappa shape index (κ1) is 15.0. The maximum atomic E-state index is 5.87. The summed E-state index contributed by atoms with van der Waals surface area (Å²) in [4.78, 5) is 0. The summed E-state index contributed by atoms with van der Waals surface area (Å²) in [6, 6.07) is 0. The average Bonchev–Trinajstić information content (AvgIpc) is 2.27. The molecule has 0 saturated carbocycles. The zero-order chi connectivity index (χ0) is 11.4. The minimum Gasteiger partial charge on any atom is -0.378 e. The fraction of sp³-hybridized carbons (Fsp3) is 1.00. The molecule has 0 fully saturated rings. The molecule has 0 amide bonds. The van der Waals surface area contributed by atoms with Gasteiger partial charge in [-0.25, -0.2) is 0 Å². The van der Waals surface area contributed by atoms with Gasteiger partial charge in [-0.3, -0.25) is 0 Å². The minimum atomic E-state index is 0.527. The van der Waals surface area contributed by atoms with Gasteiger partial charge in [-0.1, -0.05) is 59.3 Å². The SMILES string of the molecule is CCCCCC[C@H](CC)OCCCCC. The first-order valence-electron chi connectivity index (χ1n) is 6.96. The zero-order valence-corrected chi connectivity index (χ0v) is 11.1. The Bertz CT molecular complexity index is 99.9. The van der Waals surface area contributed by atoms with Crippen LogP contribution in [0.2, 0.25) is 0 Å². The first-order valence-corrected chi connectivity index (χ1v) is 6.96. The van der Waals surface area contributed by atoms with E-state index in [-0.39, 0.29) is 0 Å². The summed E-state index contributed by atoms with van der Waals surface area (Å²) in [5.41, 5.74) is 0. The van der Waals surface area contributed by atoms with Crippen LogP contribution < -0.4 is 0 Å². The van der Waals surface area contributed by atoms with Gasteiger partial charge in [0.2, 0.25) is 0 Å². The molecule has 0 heterocycles. The third-order valence-electron chi connectivity index (χ3n) is 2.94. The van der Waals surface area contributed by atoms with E-state index in [1.54, 1.807) is 0 Å². The molecule has 0 bridgehead atoms. The molecule has 1 atom stereocenters. The van der Waals surface area contributed by atoms with Gasteiger partial charge in [-0.15, -0.1) is 0 Å². The van der Waals surface area contributed by atoms with Gasteiger partial charge in [0, 0.05) is 6.61 Å². The Labute approximate surface area is 96.6 Å². The first-order chi connectivity index (χ1) is 7.35. The lowest BCUT2D eigenvalue weighted by atomic mass is 10.1. The lowest BCUT2D eigenvalue weighted by Crippen LogP contribution is -2.12. The van der Waals surface area contributed by atoms with Crippen LogP contribution in [0.4, 0.5) is 0 Å².